The number of fused-ring (bicyclic) bond motifs is 1. The van der Waals surface area contributed by atoms with Crippen molar-refractivity contribution in [3.63, 3.8) is 0 Å². The lowest BCUT2D eigenvalue weighted by atomic mass is 10.1. The van der Waals surface area contributed by atoms with Crippen LogP contribution in [0.5, 0.6) is 0 Å². The van der Waals surface area contributed by atoms with Gasteiger partial charge in [-0.3, -0.25) is 9.59 Å². The number of rotatable bonds is 8. The van der Waals surface area contributed by atoms with Crippen LogP contribution >= 0.6 is 0 Å². The van der Waals surface area contributed by atoms with E-state index in [-0.39, 0.29) is 24.3 Å². The van der Waals surface area contributed by atoms with Crippen molar-refractivity contribution in [2.24, 2.45) is 0 Å². The Morgan fingerprint density at radius 3 is 2.54 bits per heavy atom. The van der Waals surface area contributed by atoms with Crippen molar-refractivity contribution in [2.75, 3.05) is 0 Å². The van der Waals surface area contributed by atoms with Gasteiger partial charge in [0.05, 0.1) is 6.04 Å². The third-order valence-electron chi connectivity index (χ3n) is 4.84. The van der Waals surface area contributed by atoms with Crippen LogP contribution in [0.15, 0.2) is 60.8 Å². The molecule has 2 atom stereocenters. The number of aryl methyl sites for hydroxylation is 1. The highest BCUT2D eigenvalue weighted by Gasteiger charge is 2.19. The zero-order valence-corrected chi connectivity index (χ0v) is 16.3. The molecule has 1 heterocycles. The Morgan fingerprint density at radius 2 is 1.75 bits per heavy atom. The molecule has 5 nitrogen and oxygen atoms in total. The number of aromatic nitrogens is 1. The zero-order chi connectivity index (χ0) is 19.9. The highest BCUT2D eigenvalue weighted by molar-refractivity contribution is 5.84. The van der Waals surface area contributed by atoms with Crippen LogP contribution in [0.3, 0.4) is 0 Å². The van der Waals surface area contributed by atoms with Gasteiger partial charge in [0.2, 0.25) is 0 Å². The largest absolute Gasteiger partial charge is 0.453 e. The first-order valence-electron chi connectivity index (χ1n) is 9.64. The van der Waals surface area contributed by atoms with Crippen LogP contribution < -0.4 is 5.32 Å². The second kappa shape index (κ2) is 9.22. The number of esters is 1. The summed E-state index contributed by atoms with van der Waals surface area (Å²) in [4.78, 5) is 27.6. The van der Waals surface area contributed by atoms with E-state index in [1.165, 1.54) is 10.9 Å². The van der Waals surface area contributed by atoms with Gasteiger partial charge in [-0.1, -0.05) is 48.5 Å². The Labute approximate surface area is 165 Å². The molecule has 5 heteroatoms. The Bertz CT molecular complexity index is 933. The Balaban J connectivity index is 1.43. The molecule has 0 saturated heterocycles. The van der Waals surface area contributed by atoms with Gasteiger partial charge in [-0.15, -0.1) is 0 Å². The molecule has 1 aromatic heterocycles. The average molecular weight is 378 g/mol. The molecule has 2 unspecified atom stereocenters. The Hall–Kier alpha value is -3.08. The highest BCUT2D eigenvalue weighted by atomic mass is 16.5. The van der Waals surface area contributed by atoms with Gasteiger partial charge in [0.25, 0.3) is 5.91 Å². The molecule has 0 aliphatic carbocycles. The molecular formula is C23H26N2O3. The molecule has 0 aliphatic rings. The molecule has 0 bridgehead atoms. The monoisotopic (exact) mass is 378 g/mol. The Morgan fingerprint density at radius 1 is 1.04 bits per heavy atom. The summed E-state index contributed by atoms with van der Waals surface area (Å²) in [7, 11) is 0. The summed E-state index contributed by atoms with van der Waals surface area (Å²) in [6.45, 7) is 3.51. The van der Waals surface area contributed by atoms with Crippen molar-refractivity contribution in [1.29, 1.82) is 0 Å². The quantitative estimate of drug-likeness (QED) is 0.574. The van der Waals surface area contributed by atoms with E-state index in [2.05, 4.69) is 16.4 Å². The molecule has 146 valence electrons. The minimum Gasteiger partial charge on any atom is -0.453 e. The first-order valence-corrected chi connectivity index (χ1v) is 9.64. The molecule has 2 aromatic carbocycles. The predicted molar refractivity (Wildman–Crippen MR) is 110 cm³/mol. The lowest BCUT2D eigenvalue weighted by Gasteiger charge is -2.18. The van der Waals surface area contributed by atoms with Gasteiger partial charge >= 0.3 is 5.97 Å². The van der Waals surface area contributed by atoms with Gasteiger partial charge in [-0.2, -0.15) is 0 Å². The second-order valence-electron chi connectivity index (χ2n) is 6.99. The van der Waals surface area contributed by atoms with Gasteiger partial charge in [0.15, 0.2) is 6.10 Å². The van der Waals surface area contributed by atoms with E-state index in [4.69, 9.17) is 4.74 Å². The number of hydrogen-bond acceptors (Lipinski definition) is 3. The fourth-order valence-electron chi connectivity index (χ4n) is 3.23. The van der Waals surface area contributed by atoms with Gasteiger partial charge in [-0.05, 0) is 43.9 Å². The van der Waals surface area contributed by atoms with E-state index < -0.39 is 6.10 Å². The highest BCUT2D eigenvalue weighted by Crippen LogP contribution is 2.19. The predicted octanol–water partition coefficient (Wildman–Crippen LogP) is 4.30. The first-order chi connectivity index (χ1) is 13.5. The summed E-state index contributed by atoms with van der Waals surface area (Å²) >= 11 is 0. The van der Waals surface area contributed by atoms with Gasteiger partial charge < -0.3 is 15.0 Å². The average Bonchev–Trinajstić information content (AvgIpc) is 3.11. The number of para-hydroxylation sites is 1. The first kappa shape index (κ1) is 19.7. The molecule has 3 aromatic rings. The number of benzene rings is 2. The van der Waals surface area contributed by atoms with Crippen LogP contribution in [0.2, 0.25) is 0 Å². The fourth-order valence-corrected chi connectivity index (χ4v) is 3.23. The molecular weight excluding hydrogens is 352 g/mol. The molecule has 0 aliphatic heterocycles. The molecule has 3 rings (SSSR count). The van der Waals surface area contributed by atoms with Crippen molar-refractivity contribution in [3.05, 3.63) is 71.9 Å². The summed E-state index contributed by atoms with van der Waals surface area (Å²) in [6, 6.07) is 17.6. The smallest absolute Gasteiger partial charge is 0.306 e. The number of amides is 1. The molecule has 0 saturated carbocycles. The summed E-state index contributed by atoms with van der Waals surface area (Å²) in [6.07, 6.45) is 2.91. The van der Waals surface area contributed by atoms with Gasteiger partial charge in [-0.25, -0.2) is 0 Å². The third kappa shape index (κ3) is 5.00. The SMILES string of the molecule is CC(OC(=O)CCCc1c[nH]c2ccccc12)C(=O)NC(C)c1ccccc1. The van der Waals surface area contributed by atoms with Crippen LogP contribution in [0.1, 0.15) is 43.9 Å². The fraction of sp³-hybridized carbons (Fsp3) is 0.304. The van der Waals surface area contributed by atoms with E-state index in [0.29, 0.717) is 6.42 Å². The number of carbonyl (C=O) groups is 2. The number of aromatic amines is 1. The molecule has 2 N–H and O–H groups in total. The normalized spacial score (nSPS) is 13.1. The third-order valence-corrected chi connectivity index (χ3v) is 4.84. The lowest BCUT2D eigenvalue weighted by Crippen LogP contribution is -2.37. The van der Waals surface area contributed by atoms with Crippen LogP contribution in [0, 0.1) is 0 Å². The minimum absolute atomic E-state index is 0.142. The van der Waals surface area contributed by atoms with Crippen molar-refractivity contribution in [2.45, 2.75) is 45.3 Å². The summed E-state index contributed by atoms with van der Waals surface area (Å²) in [5.74, 6) is -0.642. The minimum atomic E-state index is -0.813. The molecule has 0 fully saturated rings. The van der Waals surface area contributed by atoms with Crippen molar-refractivity contribution in [1.82, 2.24) is 10.3 Å². The topological polar surface area (TPSA) is 71.2 Å². The van der Waals surface area contributed by atoms with E-state index >= 15 is 0 Å². The van der Waals surface area contributed by atoms with Crippen molar-refractivity contribution in [3.8, 4) is 0 Å². The maximum atomic E-state index is 12.3. The van der Waals surface area contributed by atoms with E-state index in [9.17, 15) is 9.59 Å². The van der Waals surface area contributed by atoms with Crippen LogP contribution in [0.25, 0.3) is 10.9 Å². The second-order valence-corrected chi connectivity index (χ2v) is 6.99. The maximum absolute atomic E-state index is 12.3. The lowest BCUT2D eigenvalue weighted by molar-refractivity contribution is -0.155. The molecule has 0 radical (unpaired) electrons. The number of carbonyl (C=O) groups excluding carboxylic acids is 2. The molecule has 1 amide bonds. The van der Waals surface area contributed by atoms with E-state index in [0.717, 1.165) is 17.5 Å². The van der Waals surface area contributed by atoms with Crippen molar-refractivity contribution >= 4 is 22.8 Å². The Kier molecular flexibility index (Phi) is 6.48. The standard InChI is InChI=1S/C23H26N2O3/c1-16(18-9-4-3-5-10-18)25-23(27)17(2)28-22(26)14-8-11-19-15-24-21-13-7-6-12-20(19)21/h3-7,9-10,12-13,15-17,24H,8,11,14H2,1-2H3,(H,25,27). The van der Waals surface area contributed by atoms with Gasteiger partial charge in [0, 0.05) is 23.5 Å². The zero-order valence-electron chi connectivity index (χ0n) is 16.3. The van der Waals surface area contributed by atoms with Crippen LogP contribution in [-0.4, -0.2) is 23.0 Å². The van der Waals surface area contributed by atoms with E-state index in [1.54, 1.807) is 6.92 Å². The van der Waals surface area contributed by atoms with E-state index in [1.807, 2.05) is 61.7 Å². The summed E-state index contributed by atoms with van der Waals surface area (Å²) < 4.78 is 5.30. The number of ether oxygens (including phenoxy) is 1. The number of hydrogen-bond donors (Lipinski definition) is 2. The van der Waals surface area contributed by atoms with Gasteiger partial charge in [0.1, 0.15) is 0 Å². The molecule has 0 spiro atoms. The summed E-state index contributed by atoms with van der Waals surface area (Å²) in [5, 5.41) is 4.06. The van der Waals surface area contributed by atoms with Crippen LogP contribution in [-0.2, 0) is 20.7 Å². The summed E-state index contributed by atoms with van der Waals surface area (Å²) in [5.41, 5.74) is 3.29. The van der Waals surface area contributed by atoms with Crippen LogP contribution in [0.4, 0.5) is 0 Å². The number of H-pyrrole nitrogens is 1. The number of nitrogens with one attached hydrogen (secondary N) is 2. The maximum Gasteiger partial charge on any atom is 0.306 e. The molecule has 28 heavy (non-hydrogen) atoms. The van der Waals surface area contributed by atoms with Crippen molar-refractivity contribution < 1.29 is 14.3 Å².